The summed E-state index contributed by atoms with van der Waals surface area (Å²) in [6, 6.07) is 6.64. The fourth-order valence-corrected chi connectivity index (χ4v) is 2.49. The number of hydrogen-bond donors (Lipinski definition) is 2. The van der Waals surface area contributed by atoms with Gasteiger partial charge in [0.1, 0.15) is 0 Å². The average molecular weight is 260 g/mol. The summed E-state index contributed by atoms with van der Waals surface area (Å²) in [4.78, 5) is 11.6. The molecule has 1 aliphatic rings. The van der Waals surface area contributed by atoms with E-state index < -0.39 is 0 Å². The molecule has 0 aromatic heterocycles. The number of aryl methyl sites for hydroxylation is 2. The molecule has 2 N–H and O–H groups in total. The molecule has 3 heteroatoms. The smallest absolute Gasteiger partial charge is 0.315 e. The molecule has 19 heavy (non-hydrogen) atoms. The number of benzene rings is 1. The molecule has 0 heterocycles. The van der Waals surface area contributed by atoms with Crippen molar-refractivity contribution < 1.29 is 4.79 Å². The zero-order valence-electron chi connectivity index (χ0n) is 12.2. The monoisotopic (exact) mass is 260 g/mol. The zero-order valence-corrected chi connectivity index (χ0v) is 12.2. The molecule has 0 bridgehead atoms. The average Bonchev–Trinajstić information content (AvgIpc) is 2.73. The molecule has 1 aromatic carbocycles. The van der Waals surface area contributed by atoms with Crippen LogP contribution in [-0.2, 0) is 19.3 Å². The highest BCUT2D eigenvalue weighted by atomic mass is 16.2. The molecule has 104 valence electrons. The minimum atomic E-state index is -0.183. The lowest BCUT2D eigenvalue weighted by Gasteiger charge is -2.20. The Hall–Kier alpha value is -1.51. The van der Waals surface area contributed by atoms with Crippen molar-refractivity contribution in [1.29, 1.82) is 0 Å². The number of carbonyl (C=O) groups excluding carboxylic acids is 1. The third-order valence-electron chi connectivity index (χ3n) is 3.35. The predicted molar refractivity (Wildman–Crippen MR) is 78.5 cm³/mol. The summed E-state index contributed by atoms with van der Waals surface area (Å²) in [5.41, 5.74) is 4.13. The van der Waals surface area contributed by atoms with E-state index in [-0.39, 0.29) is 11.6 Å². The molecule has 0 saturated carbocycles. The second-order valence-corrected chi connectivity index (χ2v) is 6.34. The van der Waals surface area contributed by atoms with Gasteiger partial charge in [0, 0.05) is 12.1 Å². The van der Waals surface area contributed by atoms with Gasteiger partial charge in [-0.1, -0.05) is 18.2 Å². The summed E-state index contributed by atoms with van der Waals surface area (Å²) in [5.74, 6) is 0. The third kappa shape index (κ3) is 4.27. The van der Waals surface area contributed by atoms with Crippen LogP contribution in [0.3, 0.4) is 0 Å². The van der Waals surface area contributed by atoms with Crippen LogP contribution in [0.15, 0.2) is 18.2 Å². The van der Waals surface area contributed by atoms with Crippen molar-refractivity contribution in [2.45, 2.75) is 52.0 Å². The van der Waals surface area contributed by atoms with Crippen molar-refractivity contribution in [2.24, 2.45) is 0 Å². The maximum absolute atomic E-state index is 11.6. The quantitative estimate of drug-likeness (QED) is 0.862. The molecule has 2 amide bonds. The van der Waals surface area contributed by atoms with Crippen LogP contribution in [0.1, 0.15) is 43.9 Å². The molecule has 0 atom stereocenters. The van der Waals surface area contributed by atoms with E-state index in [1.165, 1.54) is 36.0 Å². The van der Waals surface area contributed by atoms with Crippen molar-refractivity contribution in [3.63, 3.8) is 0 Å². The number of rotatable bonds is 3. The molecular formula is C16H24N2O. The van der Waals surface area contributed by atoms with E-state index in [1.54, 1.807) is 0 Å². The van der Waals surface area contributed by atoms with Gasteiger partial charge in [-0.25, -0.2) is 4.79 Å². The molecule has 2 rings (SSSR count). The van der Waals surface area contributed by atoms with Gasteiger partial charge < -0.3 is 10.6 Å². The molecule has 0 saturated heterocycles. The highest BCUT2D eigenvalue weighted by molar-refractivity contribution is 5.74. The first-order valence-corrected chi connectivity index (χ1v) is 7.11. The summed E-state index contributed by atoms with van der Waals surface area (Å²) in [6.45, 7) is 6.62. The van der Waals surface area contributed by atoms with Gasteiger partial charge in [0.2, 0.25) is 0 Å². The summed E-state index contributed by atoms with van der Waals surface area (Å²) >= 11 is 0. The molecule has 1 aliphatic carbocycles. The van der Waals surface area contributed by atoms with Gasteiger partial charge in [0.25, 0.3) is 0 Å². The van der Waals surface area contributed by atoms with Crippen molar-refractivity contribution in [3.8, 4) is 0 Å². The van der Waals surface area contributed by atoms with Crippen molar-refractivity contribution in [1.82, 2.24) is 10.6 Å². The Labute approximate surface area is 115 Å². The maximum atomic E-state index is 11.6. The van der Waals surface area contributed by atoms with E-state index in [2.05, 4.69) is 28.8 Å². The number of hydrogen-bond acceptors (Lipinski definition) is 1. The standard InChI is InChI=1S/C16H24N2O/c1-16(2,3)18-15(19)17-10-9-12-7-8-13-5-4-6-14(13)11-12/h7-8,11H,4-6,9-10H2,1-3H3,(H2,17,18,19). The molecule has 0 fully saturated rings. The van der Waals surface area contributed by atoms with Crippen LogP contribution in [0, 0.1) is 0 Å². The van der Waals surface area contributed by atoms with Crippen molar-refractivity contribution in [3.05, 3.63) is 34.9 Å². The number of amides is 2. The zero-order chi connectivity index (χ0) is 13.9. The largest absolute Gasteiger partial charge is 0.338 e. The predicted octanol–water partition coefficient (Wildman–Crippen LogP) is 2.82. The van der Waals surface area contributed by atoms with E-state index in [9.17, 15) is 4.79 Å². The van der Waals surface area contributed by atoms with Gasteiger partial charge in [-0.3, -0.25) is 0 Å². The molecule has 0 radical (unpaired) electrons. The number of nitrogens with one attached hydrogen (secondary N) is 2. The lowest BCUT2D eigenvalue weighted by molar-refractivity contribution is 0.232. The van der Waals surface area contributed by atoms with Gasteiger partial charge in [0.05, 0.1) is 0 Å². The number of urea groups is 1. The van der Waals surface area contributed by atoms with Crippen molar-refractivity contribution in [2.75, 3.05) is 6.54 Å². The van der Waals surface area contributed by atoms with Crippen LogP contribution in [0.5, 0.6) is 0 Å². The summed E-state index contributed by atoms with van der Waals surface area (Å²) in [5, 5.41) is 5.80. The molecular weight excluding hydrogens is 236 g/mol. The minimum absolute atomic E-state index is 0.0892. The van der Waals surface area contributed by atoms with E-state index in [1.807, 2.05) is 20.8 Å². The number of carbonyl (C=O) groups is 1. The molecule has 0 spiro atoms. The van der Waals surface area contributed by atoms with Crippen LogP contribution in [0.4, 0.5) is 4.79 Å². The van der Waals surface area contributed by atoms with Crippen LogP contribution in [-0.4, -0.2) is 18.1 Å². The Morgan fingerprint density at radius 1 is 1.21 bits per heavy atom. The molecule has 3 nitrogen and oxygen atoms in total. The SMILES string of the molecule is CC(C)(C)NC(=O)NCCc1ccc2c(c1)CCC2. The fraction of sp³-hybridized carbons (Fsp3) is 0.562. The molecule has 0 aliphatic heterocycles. The third-order valence-corrected chi connectivity index (χ3v) is 3.35. The fourth-order valence-electron chi connectivity index (χ4n) is 2.49. The van der Waals surface area contributed by atoms with Gasteiger partial charge >= 0.3 is 6.03 Å². The van der Waals surface area contributed by atoms with E-state index >= 15 is 0 Å². The Kier molecular flexibility index (Phi) is 4.13. The molecule has 0 unspecified atom stereocenters. The summed E-state index contributed by atoms with van der Waals surface area (Å²) in [7, 11) is 0. The summed E-state index contributed by atoms with van der Waals surface area (Å²) < 4.78 is 0. The lowest BCUT2D eigenvalue weighted by atomic mass is 10.0. The Balaban J connectivity index is 1.78. The van der Waals surface area contributed by atoms with E-state index in [0.29, 0.717) is 6.54 Å². The van der Waals surface area contributed by atoms with Crippen LogP contribution < -0.4 is 10.6 Å². The van der Waals surface area contributed by atoms with Gasteiger partial charge in [-0.2, -0.15) is 0 Å². The minimum Gasteiger partial charge on any atom is -0.338 e. The van der Waals surface area contributed by atoms with Crippen molar-refractivity contribution >= 4 is 6.03 Å². The summed E-state index contributed by atoms with van der Waals surface area (Å²) in [6.07, 6.45) is 4.61. The maximum Gasteiger partial charge on any atom is 0.315 e. The Bertz CT molecular complexity index is 460. The topological polar surface area (TPSA) is 41.1 Å². The highest BCUT2D eigenvalue weighted by Gasteiger charge is 2.13. The number of fused-ring (bicyclic) bond motifs is 1. The first-order chi connectivity index (χ1) is 8.94. The molecule has 1 aromatic rings. The van der Waals surface area contributed by atoms with Gasteiger partial charge in [-0.05, 0) is 63.1 Å². The first-order valence-electron chi connectivity index (χ1n) is 7.11. The van der Waals surface area contributed by atoms with Gasteiger partial charge in [0.15, 0.2) is 0 Å². The normalized spacial score (nSPS) is 14.1. The van der Waals surface area contributed by atoms with Crippen LogP contribution >= 0.6 is 0 Å². The van der Waals surface area contributed by atoms with Gasteiger partial charge in [-0.15, -0.1) is 0 Å². The first kappa shape index (κ1) is 13.9. The lowest BCUT2D eigenvalue weighted by Crippen LogP contribution is -2.46. The van der Waals surface area contributed by atoms with E-state index in [4.69, 9.17) is 0 Å². The Morgan fingerprint density at radius 2 is 1.95 bits per heavy atom. The highest BCUT2D eigenvalue weighted by Crippen LogP contribution is 2.22. The van der Waals surface area contributed by atoms with Crippen LogP contribution in [0.25, 0.3) is 0 Å². The second-order valence-electron chi connectivity index (χ2n) is 6.34. The van der Waals surface area contributed by atoms with E-state index in [0.717, 1.165) is 6.42 Å². The Morgan fingerprint density at radius 3 is 2.68 bits per heavy atom. The van der Waals surface area contributed by atoms with Crippen LogP contribution in [0.2, 0.25) is 0 Å². The second kappa shape index (κ2) is 5.64.